The van der Waals surface area contributed by atoms with Gasteiger partial charge in [-0.2, -0.15) is 0 Å². The molecule has 0 bridgehead atoms. The standard InChI is InChI=1S/C22H26N4OS/c1-16-3-4-18(13-17(16)2)23-22-24-19(15-28-22)14-25-9-11-26(12-10-25)20-5-7-21(27)8-6-20/h3-8,13,15,27H,9-12,14H2,1-2H3,(H,23,24). The van der Waals surface area contributed by atoms with Crippen LogP contribution in [0.15, 0.2) is 47.8 Å². The number of phenolic OH excluding ortho intramolecular Hbond substituents is 1. The number of hydrogen-bond acceptors (Lipinski definition) is 6. The minimum atomic E-state index is 0.316. The van der Waals surface area contributed by atoms with Crippen molar-refractivity contribution in [1.82, 2.24) is 9.88 Å². The number of nitrogens with zero attached hydrogens (tertiary/aromatic N) is 3. The van der Waals surface area contributed by atoms with Crippen LogP contribution in [0.3, 0.4) is 0 Å². The first-order valence-corrected chi connectivity index (χ1v) is 10.5. The van der Waals surface area contributed by atoms with Crippen molar-refractivity contribution in [2.45, 2.75) is 20.4 Å². The monoisotopic (exact) mass is 394 g/mol. The first kappa shape index (κ1) is 18.8. The van der Waals surface area contributed by atoms with Gasteiger partial charge in [0.05, 0.1) is 5.69 Å². The number of benzene rings is 2. The third-order valence-corrected chi connectivity index (χ3v) is 6.09. The van der Waals surface area contributed by atoms with Crippen molar-refractivity contribution in [2.24, 2.45) is 0 Å². The van der Waals surface area contributed by atoms with E-state index in [1.165, 1.54) is 16.8 Å². The third kappa shape index (κ3) is 4.46. The van der Waals surface area contributed by atoms with E-state index in [2.05, 4.69) is 52.5 Å². The second-order valence-electron chi connectivity index (χ2n) is 7.35. The molecule has 5 nitrogen and oxygen atoms in total. The fourth-order valence-corrected chi connectivity index (χ4v) is 4.16. The molecule has 1 fully saturated rings. The summed E-state index contributed by atoms with van der Waals surface area (Å²) in [5, 5.41) is 16.0. The third-order valence-electron chi connectivity index (χ3n) is 5.28. The lowest BCUT2D eigenvalue weighted by atomic mass is 10.1. The van der Waals surface area contributed by atoms with Crippen molar-refractivity contribution in [3.8, 4) is 5.75 Å². The van der Waals surface area contributed by atoms with E-state index in [9.17, 15) is 5.11 Å². The van der Waals surface area contributed by atoms with Gasteiger partial charge in [-0.1, -0.05) is 6.07 Å². The van der Waals surface area contributed by atoms with Crippen LogP contribution in [0.5, 0.6) is 5.75 Å². The smallest absolute Gasteiger partial charge is 0.187 e. The first-order valence-electron chi connectivity index (χ1n) is 9.62. The Hall–Kier alpha value is -2.57. The zero-order chi connectivity index (χ0) is 19.5. The SMILES string of the molecule is Cc1ccc(Nc2nc(CN3CCN(c4ccc(O)cc4)CC3)cs2)cc1C. The molecule has 1 aliphatic rings. The highest BCUT2D eigenvalue weighted by molar-refractivity contribution is 7.13. The zero-order valence-corrected chi connectivity index (χ0v) is 17.2. The summed E-state index contributed by atoms with van der Waals surface area (Å²) in [6.07, 6.45) is 0. The lowest BCUT2D eigenvalue weighted by Crippen LogP contribution is -2.46. The minimum absolute atomic E-state index is 0.316. The van der Waals surface area contributed by atoms with Gasteiger partial charge >= 0.3 is 0 Å². The largest absolute Gasteiger partial charge is 0.508 e. The summed E-state index contributed by atoms with van der Waals surface area (Å²) in [4.78, 5) is 9.58. The molecule has 0 aliphatic carbocycles. The van der Waals surface area contributed by atoms with Crippen LogP contribution in [0, 0.1) is 13.8 Å². The number of rotatable bonds is 5. The topological polar surface area (TPSA) is 51.6 Å². The van der Waals surface area contributed by atoms with Crippen LogP contribution in [0.1, 0.15) is 16.8 Å². The summed E-state index contributed by atoms with van der Waals surface area (Å²) in [6.45, 7) is 9.14. The van der Waals surface area contributed by atoms with E-state index in [4.69, 9.17) is 4.98 Å². The van der Waals surface area contributed by atoms with Crippen LogP contribution in [0.2, 0.25) is 0 Å². The number of thiazole rings is 1. The molecule has 1 saturated heterocycles. The van der Waals surface area contributed by atoms with Gasteiger partial charge < -0.3 is 15.3 Å². The number of anilines is 3. The fraction of sp³-hybridized carbons (Fsp3) is 0.318. The van der Waals surface area contributed by atoms with Gasteiger partial charge in [-0.15, -0.1) is 11.3 Å². The first-order chi connectivity index (χ1) is 13.6. The molecular weight excluding hydrogens is 368 g/mol. The highest BCUT2D eigenvalue weighted by Crippen LogP contribution is 2.24. The number of piperazine rings is 1. The number of phenols is 1. The van der Waals surface area contributed by atoms with Crippen LogP contribution in [-0.2, 0) is 6.54 Å². The Morgan fingerprint density at radius 1 is 1.00 bits per heavy atom. The maximum Gasteiger partial charge on any atom is 0.187 e. The molecule has 2 aromatic carbocycles. The zero-order valence-electron chi connectivity index (χ0n) is 16.4. The molecule has 0 spiro atoms. The molecule has 0 saturated carbocycles. The molecule has 2 N–H and O–H groups in total. The summed E-state index contributed by atoms with van der Waals surface area (Å²) in [5.74, 6) is 0.316. The minimum Gasteiger partial charge on any atom is -0.508 e. The van der Waals surface area contributed by atoms with Crippen molar-refractivity contribution >= 4 is 27.8 Å². The molecule has 146 valence electrons. The van der Waals surface area contributed by atoms with Crippen molar-refractivity contribution < 1.29 is 5.11 Å². The predicted octanol–water partition coefficient (Wildman–Crippen LogP) is 4.53. The molecule has 4 rings (SSSR count). The molecule has 2 heterocycles. The van der Waals surface area contributed by atoms with E-state index in [1.54, 1.807) is 23.5 Å². The summed E-state index contributed by atoms with van der Waals surface area (Å²) in [6, 6.07) is 13.9. The van der Waals surface area contributed by atoms with Gasteiger partial charge in [0.15, 0.2) is 5.13 Å². The van der Waals surface area contributed by atoms with E-state index >= 15 is 0 Å². The summed E-state index contributed by atoms with van der Waals surface area (Å²) in [5.41, 5.74) is 5.97. The molecule has 1 aliphatic heterocycles. The quantitative estimate of drug-likeness (QED) is 0.666. The molecule has 0 radical (unpaired) electrons. The normalized spacial score (nSPS) is 15.0. The Morgan fingerprint density at radius 2 is 1.75 bits per heavy atom. The molecule has 6 heteroatoms. The average Bonchev–Trinajstić information content (AvgIpc) is 3.13. The van der Waals surface area contributed by atoms with E-state index in [0.717, 1.165) is 49.2 Å². The van der Waals surface area contributed by atoms with Crippen molar-refractivity contribution in [2.75, 3.05) is 36.4 Å². The van der Waals surface area contributed by atoms with Gasteiger partial charge in [0.1, 0.15) is 5.75 Å². The van der Waals surface area contributed by atoms with E-state index < -0.39 is 0 Å². The Morgan fingerprint density at radius 3 is 2.46 bits per heavy atom. The number of aromatic nitrogens is 1. The van der Waals surface area contributed by atoms with Crippen LogP contribution in [0.4, 0.5) is 16.5 Å². The van der Waals surface area contributed by atoms with Crippen LogP contribution in [-0.4, -0.2) is 41.2 Å². The van der Waals surface area contributed by atoms with Crippen molar-refractivity contribution in [3.05, 3.63) is 64.7 Å². The van der Waals surface area contributed by atoms with E-state index in [0.29, 0.717) is 5.75 Å². The summed E-state index contributed by atoms with van der Waals surface area (Å²) in [7, 11) is 0. The average molecular weight is 395 g/mol. The van der Waals surface area contributed by atoms with Crippen molar-refractivity contribution in [1.29, 1.82) is 0 Å². The van der Waals surface area contributed by atoms with Crippen molar-refractivity contribution in [3.63, 3.8) is 0 Å². The maximum atomic E-state index is 9.44. The predicted molar refractivity (Wildman–Crippen MR) is 117 cm³/mol. The Labute approximate surface area is 170 Å². The number of aromatic hydroxyl groups is 1. The van der Waals surface area contributed by atoms with Crippen LogP contribution < -0.4 is 10.2 Å². The molecule has 0 unspecified atom stereocenters. The van der Waals surface area contributed by atoms with E-state index in [-0.39, 0.29) is 0 Å². The lowest BCUT2D eigenvalue weighted by molar-refractivity contribution is 0.247. The Kier molecular flexibility index (Phi) is 5.50. The molecule has 28 heavy (non-hydrogen) atoms. The highest BCUT2D eigenvalue weighted by atomic mass is 32.1. The molecule has 0 atom stereocenters. The van der Waals surface area contributed by atoms with Crippen LogP contribution in [0.25, 0.3) is 0 Å². The molecule has 1 aromatic heterocycles. The van der Waals surface area contributed by atoms with Gasteiger partial charge in [-0.25, -0.2) is 4.98 Å². The second-order valence-corrected chi connectivity index (χ2v) is 8.21. The maximum absolute atomic E-state index is 9.44. The lowest BCUT2D eigenvalue weighted by Gasteiger charge is -2.35. The number of hydrogen-bond donors (Lipinski definition) is 2. The number of nitrogens with one attached hydrogen (secondary N) is 1. The van der Waals surface area contributed by atoms with Gasteiger partial charge in [0.2, 0.25) is 0 Å². The summed E-state index contributed by atoms with van der Waals surface area (Å²) >= 11 is 1.66. The second kappa shape index (κ2) is 8.20. The summed E-state index contributed by atoms with van der Waals surface area (Å²) < 4.78 is 0. The fourth-order valence-electron chi connectivity index (χ4n) is 3.44. The van der Waals surface area contributed by atoms with E-state index in [1.807, 2.05) is 12.1 Å². The highest BCUT2D eigenvalue weighted by Gasteiger charge is 2.18. The molecular formula is C22H26N4OS. The van der Waals surface area contributed by atoms with Crippen LogP contribution >= 0.6 is 11.3 Å². The Balaban J connectivity index is 1.31. The van der Waals surface area contributed by atoms with Gasteiger partial charge in [0.25, 0.3) is 0 Å². The van der Waals surface area contributed by atoms with Gasteiger partial charge in [-0.05, 0) is 61.4 Å². The van der Waals surface area contributed by atoms with Gasteiger partial charge in [0, 0.05) is 49.5 Å². The molecule has 0 amide bonds. The van der Waals surface area contributed by atoms with Gasteiger partial charge in [-0.3, -0.25) is 4.90 Å². The number of aryl methyl sites for hydroxylation is 2. The molecule has 3 aromatic rings. The Bertz CT molecular complexity index is 930.